The van der Waals surface area contributed by atoms with Crippen LogP contribution in [0.5, 0.6) is 0 Å². The predicted octanol–water partition coefficient (Wildman–Crippen LogP) is 2.87. The highest BCUT2D eigenvalue weighted by molar-refractivity contribution is 6.05. The van der Waals surface area contributed by atoms with Gasteiger partial charge in [0, 0.05) is 42.9 Å². The maximum atomic E-state index is 12.5. The maximum Gasteiger partial charge on any atom is 0.321 e. The third-order valence-electron chi connectivity index (χ3n) is 3.89. The van der Waals surface area contributed by atoms with Gasteiger partial charge in [-0.1, -0.05) is 6.92 Å². The number of amides is 3. The van der Waals surface area contributed by atoms with E-state index in [4.69, 9.17) is 0 Å². The molecular weight excluding hydrogens is 292 g/mol. The lowest BCUT2D eigenvalue weighted by Gasteiger charge is -2.26. The van der Waals surface area contributed by atoms with E-state index in [9.17, 15) is 9.59 Å². The van der Waals surface area contributed by atoms with Crippen molar-refractivity contribution in [2.24, 2.45) is 0 Å². The summed E-state index contributed by atoms with van der Waals surface area (Å²) in [7, 11) is 1.73. The number of aromatic nitrogens is 1. The van der Waals surface area contributed by atoms with Gasteiger partial charge in [0.25, 0.3) is 5.91 Å². The number of nitrogens with zero attached hydrogens (tertiary/aromatic N) is 2. The molecule has 0 saturated heterocycles. The van der Waals surface area contributed by atoms with Crippen LogP contribution in [0.1, 0.15) is 28.4 Å². The minimum absolute atomic E-state index is 0.126. The highest BCUT2D eigenvalue weighted by Crippen LogP contribution is 2.26. The number of carbonyl (C=O) groups is 2. The largest absolute Gasteiger partial charge is 0.323 e. The Labute approximate surface area is 134 Å². The van der Waals surface area contributed by atoms with E-state index < -0.39 is 0 Å². The van der Waals surface area contributed by atoms with Crippen LogP contribution in [0.2, 0.25) is 0 Å². The molecule has 118 valence electrons. The lowest BCUT2D eigenvalue weighted by Crippen LogP contribution is -2.35. The van der Waals surface area contributed by atoms with Gasteiger partial charge in [-0.05, 0) is 41.8 Å². The molecule has 1 aromatic carbocycles. The van der Waals surface area contributed by atoms with Crippen molar-refractivity contribution in [3.63, 3.8) is 0 Å². The Balaban J connectivity index is 1.82. The lowest BCUT2D eigenvalue weighted by molar-refractivity contribution is 0.102. The molecule has 0 saturated carbocycles. The first-order valence-corrected chi connectivity index (χ1v) is 7.47. The van der Waals surface area contributed by atoms with Gasteiger partial charge in [-0.2, -0.15) is 0 Å². The van der Waals surface area contributed by atoms with Crippen molar-refractivity contribution in [3.05, 3.63) is 53.3 Å². The summed E-state index contributed by atoms with van der Waals surface area (Å²) in [4.78, 5) is 29.7. The van der Waals surface area contributed by atoms with Gasteiger partial charge in [-0.3, -0.25) is 9.78 Å². The van der Waals surface area contributed by atoms with Crippen LogP contribution in [0.15, 0.2) is 36.7 Å². The molecular formula is C17H18N4O2. The average molecular weight is 310 g/mol. The molecule has 1 aliphatic heterocycles. The molecule has 1 aromatic heterocycles. The molecule has 2 heterocycles. The van der Waals surface area contributed by atoms with Crippen LogP contribution in [0.4, 0.5) is 16.2 Å². The minimum atomic E-state index is -0.155. The predicted molar refractivity (Wildman–Crippen MR) is 88.5 cm³/mol. The third-order valence-corrected chi connectivity index (χ3v) is 3.89. The first kappa shape index (κ1) is 15.0. The van der Waals surface area contributed by atoms with Gasteiger partial charge < -0.3 is 15.5 Å². The number of fused-ring (bicyclic) bond motifs is 1. The summed E-state index contributed by atoms with van der Waals surface area (Å²) in [6, 6.07) is 7.08. The number of urea groups is 1. The molecule has 0 bridgehead atoms. The van der Waals surface area contributed by atoms with Crippen LogP contribution < -0.4 is 10.6 Å². The van der Waals surface area contributed by atoms with E-state index >= 15 is 0 Å². The van der Waals surface area contributed by atoms with Crippen molar-refractivity contribution in [1.29, 1.82) is 0 Å². The molecule has 2 N–H and O–H groups in total. The molecule has 6 heteroatoms. The maximum absolute atomic E-state index is 12.5. The average Bonchev–Trinajstić information content (AvgIpc) is 2.56. The van der Waals surface area contributed by atoms with E-state index in [1.54, 1.807) is 36.5 Å². The molecule has 23 heavy (non-hydrogen) atoms. The smallest absolute Gasteiger partial charge is 0.321 e. The molecule has 0 spiro atoms. The Kier molecular flexibility index (Phi) is 3.97. The van der Waals surface area contributed by atoms with E-state index in [0.717, 1.165) is 23.2 Å². The van der Waals surface area contributed by atoms with Gasteiger partial charge in [0.15, 0.2) is 0 Å². The van der Waals surface area contributed by atoms with Crippen molar-refractivity contribution in [2.75, 3.05) is 17.7 Å². The standard InChI is InChI=1S/C17H18N4O2/c1-3-11-9-18-7-6-14(11)16(22)19-13-4-5-15-12(8-13)10-21(2)17(23)20-15/h4-9H,3,10H2,1-2H3,(H,19,22)(H,20,23). The summed E-state index contributed by atoms with van der Waals surface area (Å²) in [5.41, 5.74) is 4.00. The minimum Gasteiger partial charge on any atom is -0.323 e. The normalized spacial score (nSPS) is 13.3. The van der Waals surface area contributed by atoms with Crippen molar-refractivity contribution < 1.29 is 9.59 Å². The number of anilines is 2. The first-order valence-electron chi connectivity index (χ1n) is 7.47. The molecule has 3 amide bonds. The first-order chi connectivity index (χ1) is 11.1. The number of nitrogens with one attached hydrogen (secondary N) is 2. The molecule has 1 aliphatic rings. The number of carbonyl (C=O) groups excluding carboxylic acids is 2. The molecule has 0 fully saturated rings. The van der Waals surface area contributed by atoms with Gasteiger partial charge in [-0.25, -0.2) is 4.79 Å². The van der Waals surface area contributed by atoms with E-state index in [-0.39, 0.29) is 11.9 Å². The Morgan fingerprint density at radius 1 is 1.39 bits per heavy atom. The number of pyridine rings is 1. The molecule has 3 rings (SSSR count). The Morgan fingerprint density at radius 2 is 2.22 bits per heavy atom. The zero-order valence-electron chi connectivity index (χ0n) is 13.1. The second kappa shape index (κ2) is 6.08. The van der Waals surface area contributed by atoms with Crippen LogP contribution in [-0.4, -0.2) is 28.9 Å². The summed E-state index contributed by atoms with van der Waals surface area (Å²) >= 11 is 0. The van der Waals surface area contributed by atoms with Crippen molar-refractivity contribution in [2.45, 2.75) is 19.9 Å². The SMILES string of the molecule is CCc1cnccc1C(=O)Nc1ccc2c(c1)CN(C)C(=O)N2. The number of rotatable bonds is 3. The quantitative estimate of drug-likeness (QED) is 0.915. The second-order valence-corrected chi connectivity index (χ2v) is 5.50. The third kappa shape index (κ3) is 3.01. The van der Waals surface area contributed by atoms with Crippen molar-refractivity contribution in [3.8, 4) is 0 Å². The number of aryl methyl sites for hydroxylation is 1. The van der Waals surface area contributed by atoms with E-state index in [2.05, 4.69) is 15.6 Å². The van der Waals surface area contributed by atoms with Crippen LogP contribution in [-0.2, 0) is 13.0 Å². The number of hydrogen-bond acceptors (Lipinski definition) is 3. The zero-order valence-corrected chi connectivity index (χ0v) is 13.1. The molecule has 0 atom stereocenters. The van der Waals surface area contributed by atoms with Gasteiger partial charge in [0.05, 0.1) is 0 Å². The number of hydrogen-bond donors (Lipinski definition) is 2. The molecule has 6 nitrogen and oxygen atoms in total. The van der Waals surface area contributed by atoms with E-state index in [0.29, 0.717) is 17.8 Å². The van der Waals surface area contributed by atoms with E-state index in [1.165, 1.54) is 0 Å². The van der Waals surface area contributed by atoms with Crippen LogP contribution in [0.3, 0.4) is 0 Å². The zero-order chi connectivity index (χ0) is 16.4. The highest BCUT2D eigenvalue weighted by atomic mass is 16.2. The Morgan fingerprint density at radius 3 is 3.00 bits per heavy atom. The second-order valence-electron chi connectivity index (χ2n) is 5.50. The lowest BCUT2D eigenvalue weighted by atomic mass is 10.1. The summed E-state index contributed by atoms with van der Waals surface area (Å²) < 4.78 is 0. The fourth-order valence-electron chi connectivity index (χ4n) is 2.59. The van der Waals surface area contributed by atoms with Gasteiger partial charge in [0.1, 0.15) is 0 Å². The Bertz CT molecular complexity index is 773. The van der Waals surface area contributed by atoms with Crippen molar-refractivity contribution in [1.82, 2.24) is 9.88 Å². The summed E-state index contributed by atoms with van der Waals surface area (Å²) in [5.74, 6) is -0.155. The summed E-state index contributed by atoms with van der Waals surface area (Å²) in [5, 5.41) is 5.72. The molecule has 0 aliphatic carbocycles. The molecule has 0 radical (unpaired) electrons. The fraction of sp³-hybridized carbons (Fsp3) is 0.235. The van der Waals surface area contributed by atoms with Crippen LogP contribution in [0.25, 0.3) is 0 Å². The van der Waals surface area contributed by atoms with Gasteiger partial charge >= 0.3 is 6.03 Å². The van der Waals surface area contributed by atoms with Crippen LogP contribution >= 0.6 is 0 Å². The number of benzene rings is 1. The summed E-state index contributed by atoms with van der Waals surface area (Å²) in [6.45, 7) is 2.51. The van der Waals surface area contributed by atoms with Gasteiger partial charge in [0.2, 0.25) is 0 Å². The highest BCUT2D eigenvalue weighted by Gasteiger charge is 2.19. The fourth-order valence-corrected chi connectivity index (χ4v) is 2.59. The van der Waals surface area contributed by atoms with Crippen LogP contribution in [0, 0.1) is 0 Å². The Hall–Kier alpha value is -2.89. The van der Waals surface area contributed by atoms with E-state index in [1.807, 2.05) is 19.1 Å². The topological polar surface area (TPSA) is 74.3 Å². The van der Waals surface area contributed by atoms with Crippen molar-refractivity contribution >= 4 is 23.3 Å². The summed E-state index contributed by atoms with van der Waals surface area (Å²) in [6.07, 6.45) is 4.08. The monoisotopic (exact) mass is 310 g/mol. The molecule has 0 unspecified atom stereocenters. The van der Waals surface area contributed by atoms with Gasteiger partial charge in [-0.15, -0.1) is 0 Å². The molecule has 2 aromatic rings.